The molecule has 0 bridgehead atoms. The molecule has 0 rings (SSSR count). The van der Waals surface area contributed by atoms with Crippen LogP contribution in [0.1, 0.15) is 61.3 Å². The number of carbonyl (C=O) groups excluding carboxylic acids is 1. The molecule has 0 saturated carbocycles. The molecule has 0 aliphatic rings. The average Bonchev–Trinajstić information content (AvgIpc) is 2.24. The minimum atomic E-state index is -4.77. The van der Waals surface area contributed by atoms with Crippen molar-refractivity contribution in [3.05, 3.63) is 0 Å². The van der Waals surface area contributed by atoms with Crippen molar-refractivity contribution in [2.24, 2.45) is 10.8 Å². The van der Waals surface area contributed by atoms with Crippen molar-refractivity contribution in [2.75, 3.05) is 0 Å². The summed E-state index contributed by atoms with van der Waals surface area (Å²) in [6, 6.07) is 0. The third kappa shape index (κ3) is 5.49. The maximum Gasteiger partial charge on any atom is 0.417 e. The maximum atomic E-state index is 12.8. The smallest absolute Gasteiger partial charge is 0.417 e. The van der Waals surface area contributed by atoms with Gasteiger partial charge in [0.05, 0.1) is 5.41 Å². The lowest BCUT2D eigenvalue weighted by Crippen LogP contribution is -2.49. The van der Waals surface area contributed by atoms with Crippen molar-refractivity contribution in [3.63, 3.8) is 0 Å². The van der Waals surface area contributed by atoms with Crippen LogP contribution >= 0.6 is 0 Å². The van der Waals surface area contributed by atoms with Crippen LogP contribution in [0.15, 0.2) is 0 Å². The average molecular weight is 312 g/mol. The third-order valence-electron chi connectivity index (χ3n) is 3.85. The van der Waals surface area contributed by atoms with Crippen molar-refractivity contribution in [2.45, 2.75) is 79.2 Å². The van der Waals surface area contributed by atoms with Crippen LogP contribution in [0.4, 0.5) is 13.2 Å². The summed E-state index contributed by atoms with van der Waals surface area (Å²) in [5.41, 5.74) is -4.39. The molecule has 0 aliphatic heterocycles. The molecule has 0 radical (unpaired) electrons. The number of carbonyl (C=O) groups is 1. The number of rotatable bonds is 5. The number of aliphatic hydroxyl groups is 1. The second-order valence-electron chi connectivity index (χ2n) is 7.47. The van der Waals surface area contributed by atoms with Gasteiger partial charge in [0.1, 0.15) is 6.10 Å². The minimum Gasteiger partial charge on any atom is -0.461 e. The summed E-state index contributed by atoms with van der Waals surface area (Å²) in [5, 5.41) is 9.64. The van der Waals surface area contributed by atoms with Crippen LogP contribution in [-0.2, 0) is 9.53 Å². The van der Waals surface area contributed by atoms with E-state index < -0.39 is 41.1 Å². The molecule has 3 nitrogen and oxygen atoms in total. The van der Waals surface area contributed by atoms with E-state index in [1.165, 1.54) is 0 Å². The van der Waals surface area contributed by atoms with Gasteiger partial charge < -0.3 is 9.84 Å². The van der Waals surface area contributed by atoms with Crippen molar-refractivity contribution in [1.29, 1.82) is 0 Å². The van der Waals surface area contributed by atoms with E-state index >= 15 is 0 Å². The summed E-state index contributed by atoms with van der Waals surface area (Å²) in [6.07, 6.45) is -5.99. The van der Waals surface area contributed by atoms with Crippen LogP contribution in [0.5, 0.6) is 0 Å². The lowest BCUT2D eigenvalue weighted by Gasteiger charge is -2.38. The summed E-state index contributed by atoms with van der Waals surface area (Å²) < 4.78 is 43.8. The third-order valence-corrected chi connectivity index (χ3v) is 3.85. The van der Waals surface area contributed by atoms with Crippen LogP contribution in [-0.4, -0.2) is 29.0 Å². The highest BCUT2D eigenvalue weighted by molar-refractivity contribution is 5.76. The lowest BCUT2D eigenvalue weighted by atomic mass is 9.81. The van der Waals surface area contributed by atoms with E-state index in [4.69, 9.17) is 4.74 Å². The number of halogens is 3. The summed E-state index contributed by atoms with van der Waals surface area (Å²) >= 11 is 0. The largest absolute Gasteiger partial charge is 0.461 e. The van der Waals surface area contributed by atoms with Crippen LogP contribution in [0.25, 0.3) is 0 Å². The van der Waals surface area contributed by atoms with Gasteiger partial charge >= 0.3 is 12.1 Å². The molecule has 0 fully saturated rings. The van der Waals surface area contributed by atoms with Gasteiger partial charge in [-0.2, -0.15) is 13.2 Å². The molecule has 6 heteroatoms. The Bertz CT molecular complexity index is 365. The van der Waals surface area contributed by atoms with E-state index in [-0.39, 0.29) is 0 Å². The van der Waals surface area contributed by atoms with Crippen LogP contribution in [0, 0.1) is 10.8 Å². The summed E-state index contributed by atoms with van der Waals surface area (Å²) in [5.74, 6) is -0.553. The highest BCUT2D eigenvalue weighted by Gasteiger charge is 2.53. The van der Waals surface area contributed by atoms with Crippen molar-refractivity contribution in [3.8, 4) is 0 Å². The van der Waals surface area contributed by atoms with E-state index in [1.54, 1.807) is 41.5 Å². The number of hydrogen-bond acceptors (Lipinski definition) is 3. The predicted molar refractivity (Wildman–Crippen MR) is 74.7 cm³/mol. The SMILES string of the molecule is CCC(C)(C)C(=O)OC(CC(C)(O)C(F)(F)F)C(C)(C)C. The number of esters is 1. The highest BCUT2D eigenvalue weighted by Crippen LogP contribution is 2.39. The fourth-order valence-electron chi connectivity index (χ4n) is 1.43. The van der Waals surface area contributed by atoms with E-state index in [0.29, 0.717) is 13.3 Å². The Morgan fingerprint density at radius 1 is 1.10 bits per heavy atom. The van der Waals surface area contributed by atoms with E-state index in [9.17, 15) is 23.1 Å². The maximum absolute atomic E-state index is 12.8. The van der Waals surface area contributed by atoms with Gasteiger partial charge in [-0.3, -0.25) is 4.79 Å². The van der Waals surface area contributed by atoms with Gasteiger partial charge in [0.15, 0.2) is 5.60 Å². The van der Waals surface area contributed by atoms with Gasteiger partial charge in [0.2, 0.25) is 0 Å². The Morgan fingerprint density at radius 3 is 1.81 bits per heavy atom. The first-order valence-electron chi connectivity index (χ1n) is 7.05. The second kappa shape index (κ2) is 6.15. The Labute approximate surface area is 124 Å². The van der Waals surface area contributed by atoms with Crippen molar-refractivity contribution >= 4 is 5.97 Å². The molecule has 2 atom stereocenters. The molecule has 0 saturated heterocycles. The van der Waals surface area contributed by atoms with Gasteiger partial charge in [0, 0.05) is 6.42 Å². The fraction of sp³-hybridized carbons (Fsp3) is 0.933. The van der Waals surface area contributed by atoms with Crippen molar-refractivity contribution < 1.29 is 27.8 Å². The Balaban J connectivity index is 5.24. The lowest BCUT2D eigenvalue weighted by molar-refractivity contribution is -0.265. The first-order chi connectivity index (χ1) is 9.04. The normalized spacial score (nSPS) is 18.0. The Kier molecular flexibility index (Phi) is 5.92. The van der Waals surface area contributed by atoms with Crippen LogP contribution < -0.4 is 0 Å². The van der Waals surface area contributed by atoms with Gasteiger partial charge in [-0.1, -0.05) is 27.7 Å². The molecular weight excluding hydrogens is 285 g/mol. The van der Waals surface area contributed by atoms with Gasteiger partial charge in [-0.05, 0) is 32.6 Å². The zero-order valence-corrected chi connectivity index (χ0v) is 13.9. The topological polar surface area (TPSA) is 46.5 Å². The molecule has 21 heavy (non-hydrogen) atoms. The monoisotopic (exact) mass is 312 g/mol. The molecular formula is C15H27F3O3. The molecule has 0 spiro atoms. The summed E-state index contributed by atoms with van der Waals surface area (Å²) in [7, 11) is 0. The van der Waals surface area contributed by atoms with Crippen LogP contribution in [0.2, 0.25) is 0 Å². The Hall–Kier alpha value is -0.780. The number of alkyl halides is 3. The molecule has 0 heterocycles. The highest BCUT2D eigenvalue weighted by atomic mass is 19.4. The first-order valence-corrected chi connectivity index (χ1v) is 7.05. The molecule has 0 aromatic heterocycles. The predicted octanol–water partition coefficient (Wildman–Crippen LogP) is 4.08. The number of hydrogen-bond donors (Lipinski definition) is 1. The molecule has 0 aromatic carbocycles. The summed E-state index contributed by atoms with van der Waals surface area (Å²) in [4.78, 5) is 12.1. The summed E-state index contributed by atoms with van der Waals surface area (Å²) in [6.45, 7) is 10.9. The zero-order valence-electron chi connectivity index (χ0n) is 13.9. The molecule has 0 amide bonds. The van der Waals surface area contributed by atoms with Gasteiger partial charge in [-0.15, -0.1) is 0 Å². The standard InChI is InChI=1S/C15H27F3O3/c1-8-13(5,6)11(19)21-10(12(2,3)4)9-14(7,20)15(16,17)18/h10,20H,8-9H2,1-7H3. The van der Waals surface area contributed by atoms with Crippen LogP contribution in [0.3, 0.4) is 0 Å². The number of ether oxygens (including phenoxy) is 1. The molecule has 0 aromatic rings. The van der Waals surface area contributed by atoms with Gasteiger partial charge in [0.25, 0.3) is 0 Å². The molecule has 0 aliphatic carbocycles. The van der Waals surface area contributed by atoms with E-state index in [2.05, 4.69) is 0 Å². The zero-order chi connectivity index (χ0) is 17.3. The van der Waals surface area contributed by atoms with Crippen molar-refractivity contribution in [1.82, 2.24) is 0 Å². The van der Waals surface area contributed by atoms with E-state index in [1.807, 2.05) is 0 Å². The molecule has 2 unspecified atom stereocenters. The molecule has 1 N–H and O–H groups in total. The quantitative estimate of drug-likeness (QED) is 0.778. The second-order valence-corrected chi connectivity index (χ2v) is 7.47. The molecule has 126 valence electrons. The Morgan fingerprint density at radius 2 is 1.52 bits per heavy atom. The van der Waals surface area contributed by atoms with Gasteiger partial charge in [-0.25, -0.2) is 0 Å². The first kappa shape index (κ1) is 20.2. The minimum absolute atomic E-state index is 0.512. The van der Waals surface area contributed by atoms with E-state index in [0.717, 1.165) is 0 Å². The fourth-order valence-corrected chi connectivity index (χ4v) is 1.43.